The van der Waals surface area contributed by atoms with Crippen LogP contribution in [0.3, 0.4) is 0 Å². The van der Waals surface area contributed by atoms with Crippen LogP contribution in [0.25, 0.3) is 33.4 Å². The average molecular weight is 953 g/mol. The van der Waals surface area contributed by atoms with E-state index in [9.17, 15) is 35.5 Å². The van der Waals surface area contributed by atoms with Crippen molar-refractivity contribution in [2.24, 2.45) is 4.99 Å². The molecule has 17 heteroatoms. The molecule has 0 radical (unpaired) electrons. The van der Waals surface area contributed by atoms with Gasteiger partial charge in [-0.2, -0.15) is 16.8 Å². The van der Waals surface area contributed by atoms with Crippen LogP contribution in [-0.4, -0.2) is 38.1 Å². The Bertz CT molecular complexity index is 3600. The van der Waals surface area contributed by atoms with Gasteiger partial charge in [-0.15, -0.1) is 0 Å². The first-order chi connectivity index (χ1) is 32.3. The largest absolute Gasteiger partial charge is 0.456 e. The number of rotatable bonds is 10. The van der Waals surface area contributed by atoms with Crippen LogP contribution in [0.5, 0.6) is 11.5 Å². The molecular weight excluding hydrogens is 909 g/mol. The maximum Gasteiger partial charge on any atom is 0.417 e. The van der Waals surface area contributed by atoms with Crippen LogP contribution in [0, 0.1) is 41.5 Å². The van der Waals surface area contributed by atoms with E-state index in [2.05, 4.69) is 16.0 Å². The lowest BCUT2D eigenvalue weighted by Gasteiger charge is -2.20. The number of fused-ring (bicyclic) bond motifs is 2. The number of para-hydroxylation sites is 2. The van der Waals surface area contributed by atoms with E-state index in [4.69, 9.17) is 18.9 Å². The second-order valence-electron chi connectivity index (χ2n) is 16.0. The molecule has 1 aliphatic carbocycles. The summed E-state index contributed by atoms with van der Waals surface area (Å²) in [7, 11) is -9.58. The fourth-order valence-electron chi connectivity index (χ4n) is 8.43. The van der Waals surface area contributed by atoms with E-state index in [0.717, 1.165) is 16.7 Å². The SMILES string of the molecule is Cc1cc(C)c(Nc2ccc3c(-c4ccccc4S(=O)(=O)O)c4ccc(=Nc5c(C)c(NC(=O)Oc6ccccc6)c(C)c(S(=O)(=O)O)c5C)cc-4oc3c2)c(C)c1NC(=O)Oc1ccccc1. The Morgan fingerprint density at radius 1 is 0.574 bits per heavy atom. The highest BCUT2D eigenvalue weighted by Gasteiger charge is 2.27. The Morgan fingerprint density at radius 2 is 1.16 bits per heavy atom. The lowest BCUT2D eigenvalue weighted by Crippen LogP contribution is -2.19. The molecule has 1 aliphatic heterocycles. The summed E-state index contributed by atoms with van der Waals surface area (Å²) in [6, 6.07) is 35.0. The van der Waals surface area contributed by atoms with Gasteiger partial charge in [0.15, 0.2) is 0 Å². The molecule has 0 atom stereocenters. The number of amides is 2. The summed E-state index contributed by atoms with van der Waals surface area (Å²) >= 11 is 0. The van der Waals surface area contributed by atoms with E-state index in [-0.39, 0.29) is 49.8 Å². The lowest BCUT2D eigenvalue weighted by molar-refractivity contribution is 0.214. The molecule has 2 aliphatic rings. The van der Waals surface area contributed by atoms with Gasteiger partial charge < -0.3 is 19.2 Å². The maximum absolute atomic E-state index is 13.1. The minimum atomic E-state index is -4.85. The molecule has 5 N–H and O–H groups in total. The number of benzene rings is 7. The minimum Gasteiger partial charge on any atom is -0.456 e. The number of carbonyl (C=O) groups excluding carboxylic acids is 2. The Hall–Kier alpha value is -7.83. The standard InChI is InChI=1S/C51H44N4O11S2/c1-28-25-29(2)46(54-50(56)64-36-15-9-7-10-16-36)30(3)45(28)52-34-21-23-38-41(26-34)66-42-27-35(22-24-39(42)44(38)40-19-13-14-20-43(40)67(58,59)60)53-47-31(4)48(33(6)49(32(47)5)68(61,62)63)55-51(57)65-37-17-11-8-12-18-37/h7-27,52H,1-6H3,(H,54,56)(H,55,57)(H,58,59,60)(H,61,62,63). The summed E-state index contributed by atoms with van der Waals surface area (Å²) in [5.41, 5.74) is 6.26. The number of nitrogens with one attached hydrogen (secondary N) is 3. The zero-order chi connectivity index (χ0) is 48.7. The molecule has 346 valence electrons. The quantitative estimate of drug-likeness (QED) is 0.0638. The van der Waals surface area contributed by atoms with E-state index in [0.29, 0.717) is 50.5 Å². The lowest BCUT2D eigenvalue weighted by atomic mass is 9.93. The van der Waals surface area contributed by atoms with Crippen molar-refractivity contribution >= 4 is 71.8 Å². The minimum absolute atomic E-state index is 0.0533. The number of aryl methyl sites for hydroxylation is 2. The molecular formula is C51H44N4O11S2. The molecule has 0 bridgehead atoms. The van der Waals surface area contributed by atoms with Gasteiger partial charge in [0.2, 0.25) is 0 Å². The van der Waals surface area contributed by atoms with Crippen LogP contribution in [0.4, 0.5) is 38.0 Å². The predicted molar refractivity (Wildman–Crippen MR) is 260 cm³/mol. The van der Waals surface area contributed by atoms with Crippen LogP contribution < -0.4 is 30.8 Å². The Kier molecular flexibility index (Phi) is 12.7. The van der Waals surface area contributed by atoms with E-state index in [1.54, 1.807) is 110 Å². The molecule has 1 heterocycles. The van der Waals surface area contributed by atoms with Crippen LogP contribution in [0.1, 0.15) is 33.4 Å². The summed E-state index contributed by atoms with van der Waals surface area (Å²) < 4.78 is 89.8. The molecule has 68 heavy (non-hydrogen) atoms. The van der Waals surface area contributed by atoms with Crippen molar-refractivity contribution < 1.29 is 49.4 Å². The van der Waals surface area contributed by atoms with Crippen molar-refractivity contribution in [1.82, 2.24) is 0 Å². The first-order valence-corrected chi connectivity index (χ1v) is 23.9. The van der Waals surface area contributed by atoms with Crippen molar-refractivity contribution in [3.05, 3.63) is 166 Å². The van der Waals surface area contributed by atoms with Crippen molar-refractivity contribution in [3.63, 3.8) is 0 Å². The van der Waals surface area contributed by atoms with Crippen molar-refractivity contribution in [2.45, 2.75) is 51.3 Å². The van der Waals surface area contributed by atoms with Gasteiger partial charge in [0.05, 0.1) is 22.4 Å². The van der Waals surface area contributed by atoms with E-state index >= 15 is 0 Å². The Morgan fingerprint density at radius 3 is 1.78 bits per heavy atom. The Balaban J connectivity index is 1.27. The van der Waals surface area contributed by atoms with Crippen LogP contribution in [-0.2, 0) is 20.2 Å². The van der Waals surface area contributed by atoms with Gasteiger partial charge in [-0.1, -0.05) is 60.7 Å². The van der Waals surface area contributed by atoms with Crippen LogP contribution in [0.2, 0.25) is 0 Å². The molecule has 6 aromatic rings. The normalized spacial score (nSPS) is 12.0. The first kappa shape index (κ1) is 46.7. The molecule has 6 aromatic carbocycles. The van der Waals surface area contributed by atoms with Gasteiger partial charge in [-0.25, -0.2) is 14.6 Å². The van der Waals surface area contributed by atoms with Crippen molar-refractivity contribution in [2.75, 3.05) is 16.0 Å². The van der Waals surface area contributed by atoms with E-state index in [1.165, 1.54) is 26.0 Å². The van der Waals surface area contributed by atoms with Gasteiger partial charge in [0.25, 0.3) is 20.2 Å². The highest BCUT2D eigenvalue weighted by atomic mass is 32.2. The smallest absolute Gasteiger partial charge is 0.417 e. The third-order valence-corrected chi connectivity index (χ3v) is 13.4. The van der Waals surface area contributed by atoms with E-state index < -0.39 is 37.3 Å². The Labute approximate surface area is 392 Å². The van der Waals surface area contributed by atoms with Gasteiger partial charge in [0, 0.05) is 45.6 Å². The van der Waals surface area contributed by atoms with Crippen molar-refractivity contribution in [3.8, 4) is 33.9 Å². The van der Waals surface area contributed by atoms with Gasteiger partial charge in [0.1, 0.15) is 32.6 Å². The van der Waals surface area contributed by atoms with Crippen molar-refractivity contribution in [1.29, 1.82) is 0 Å². The summed E-state index contributed by atoms with van der Waals surface area (Å²) in [5.74, 6) is 0.852. The molecule has 15 nitrogen and oxygen atoms in total. The molecule has 0 aromatic heterocycles. The first-order valence-electron chi connectivity index (χ1n) is 21.0. The second-order valence-corrected chi connectivity index (χ2v) is 18.8. The molecule has 0 saturated heterocycles. The predicted octanol–water partition coefficient (Wildman–Crippen LogP) is 11.7. The third kappa shape index (κ3) is 9.54. The van der Waals surface area contributed by atoms with Gasteiger partial charge in [-0.05, 0) is 130 Å². The highest BCUT2D eigenvalue weighted by Crippen LogP contribution is 2.44. The maximum atomic E-state index is 13.1. The zero-order valence-electron chi connectivity index (χ0n) is 37.5. The average Bonchev–Trinajstić information content (AvgIpc) is 3.28. The fraction of sp³-hybridized carbons (Fsp3) is 0.118. The fourth-order valence-corrected chi connectivity index (χ4v) is 10.1. The molecule has 0 spiro atoms. The molecule has 2 amide bonds. The third-order valence-electron chi connectivity index (χ3n) is 11.4. The van der Waals surface area contributed by atoms with E-state index in [1.807, 2.05) is 32.9 Å². The molecule has 0 unspecified atom stereocenters. The summed E-state index contributed by atoms with van der Waals surface area (Å²) in [4.78, 5) is 30.1. The van der Waals surface area contributed by atoms with Crippen LogP contribution in [0.15, 0.2) is 147 Å². The number of nitrogens with zero attached hydrogens (tertiary/aromatic N) is 1. The number of ether oxygens (including phenoxy) is 2. The van der Waals surface area contributed by atoms with Gasteiger partial charge in [-0.3, -0.25) is 19.7 Å². The van der Waals surface area contributed by atoms with Gasteiger partial charge >= 0.3 is 12.2 Å². The molecule has 0 saturated carbocycles. The second kappa shape index (κ2) is 18.5. The summed E-state index contributed by atoms with van der Waals surface area (Å²) in [6.07, 6.45) is -1.57. The number of anilines is 4. The summed E-state index contributed by atoms with van der Waals surface area (Å²) in [6.45, 7) is 10.2. The molecule has 0 fully saturated rings. The highest BCUT2D eigenvalue weighted by molar-refractivity contribution is 7.86. The number of carbonyl (C=O) groups is 2. The zero-order valence-corrected chi connectivity index (χ0v) is 39.1. The number of hydrogen-bond donors (Lipinski definition) is 5. The topological polar surface area (TPSA) is 223 Å². The summed E-state index contributed by atoms with van der Waals surface area (Å²) in [5, 5.41) is 9.71. The van der Waals surface area contributed by atoms with Crippen LogP contribution >= 0.6 is 0 Å². The monoisotopic (exact) mass is 952 g/mol. The number of hydrogen-bond acceptors (Lipinski definition) is 11. The molecule has 8 rings (SSSR count).